The van der Waals surface area contributed by atoms with Gasteiger partial charge >= 0.3 is 0 Å². The molecule has 3 unspecified atom stereocenters. The maximum atomic E-state index is 12.2. The van der Waals surface area contributed by atoms with Gasteiger partial charge in [-0.25, -0.2) is 9.78 Å². The summed E-state index contributed by atoms with van der Waals surface area (Å²) in [5.74, 6) is 1.35. The number of carbonyl (C=O) groups is 2. The number of hydrogen-bond acceptors (Lipinski definition) is 4. The molecule has 0 aromatic heterocycles. The lowest BCUT2D eigenvalue weighted by atomic mass is 9.75. The molecule has 0 aromatic rings. The van der Waals surface area contributed by atoms with E-state index < -0.39 is 5.60 Å². The maximum absolute atomic E-state index is 12.2. The van der Waals surface area contributed by atoms with Crippen molar-refractivity contribution < 1.29 is 19.4 Å². The summed E-state index contributed by atoms with van der Waals surface area (Å²) < 4.78 is 0. The predicted octanol–water partition coefficient (Wildman–Crippen LogP) is 4.27. The van der Waals surface area contributed by atoms with Crippen LogP contribution in [0.15, 0.2) is 11.1 Å². The van der Waals surface area contributed by atoms with Crippen LogP contribution in [-0.2, 0) is 19.4 Å². The molecule has 0 N–H and O–H groups in total. The Balaban J connectivity index is 1.88. The molecule has 5 heteroatoms. The topological polar surface area (TPSA) is 55.8 Å². The first kappa shape index (κ1) is 21.1. The Morgan fingerprint density at radius 2 is 1.69 bits per heavy atom. The van der Waals surface area contributed by atoms with Crippen molar-refractivity contribution in [2.75, 3.05) is 6.54 Å². The van der Waals surface area contributed by atoms with E-state index in [1.807, 2.05) is 13.8 Å². The number of imide groups is 1. The Labute approximate surface area is 158 Å². The lowest BCUT2D eigenvalue weighted by Gasteiger charge is -2.38. The van der Waals surface area contributed by atoms with Gasteiger partial charge in [0.15, 0.2) is 0 Å². The van der Waals surface area contributed by atoms with E-state index in [4.69, 9.17) is 9.78 Å². The summed E-state index contributed by atoms with van der Waals surface area (Å²) in [4.78, 5) is 37.4. The molecule has 1 fully saturated rings. The molecule has 1 aliphatic carbocycles. The third-order valence-electron chi connectivity index (χ3n) is 5.99. The summed E-state index contributed by atoms with van der Waals surface area (Å²) in [7, 11) is 0. The van der Waals surface area contributed by atoms with Crippen molar-refractivity contribution in [1.29, 1.82) is 0 Å². The predicted molar refractivity (Wildman–Crippen MR) is 101 cm³/mol. The van der Waals surface area contributed by atoms with Gasteiger partial charge in [0.1, 0.15) is 0 Å². The summed E-state index contributed by atoms with van der Waals surface area (Å²) in [5, 5.41) is 0. The van der Waals surface area contributed by atoms with E-state index in [9.17, 15) is 9.59 Å². The fraction of sp³-hybridized carbons (Fsp3) is 0.810. The number of hydrogen-bond donors (Lipinski definition) is 0. The minimum Gasteiger partial charge on any atom is -0.275 e. The summed E-state index contributed by atoms with van der Waals surface area (Å²) in [6, 6.07) is 0. The van der Waals surface area contributed by atoms with Crippen molar-refractivity contribution in [2.24, 2.45) is 17.8 Å². The molecule has 2 rings (SSSR count). The number of nitrogens with zero attached hydrogens (tertiary/aromatic N) is 1. The zero-order valence-corrected chi connectivity index (χ0v) is 17.4. The van der Waals surface area contributed by atoms with Crippen molar-refractivity contribution in [2.45, 2.75) is 85.9 Å². The Morgan fingerprint density at radius 3 is 2.23 bits per heavy atom. The van der Waals surface area contributed by atoms with Crippen LogP contribution in [-0.4, -0.2) is 35.0 Å². The van der Waals surface area contributed by atoms with Gasteiger partial charge in [-0.05, 0) is 64.7 Å². The summed E-state index contributed by atoms with van der Waals surface area (Å²) >= 11 is 0. The molecule has 1 saturated carbocycles. The van der Waals surface area contributed by atoms with E-state index in [1.165, 1.54) is 17.7 Å². The second kappa shape index (κ2) is 8.22. The first-order chi connectivity index (χ1) is 12.0. The summed E-state index contributed by atoms with van der Waals surface area (Å²) in [6.45, 7) is 14.4. The standard InChI is InChI=1S/C21H35NO4/c1-13(2)17-9-8-14(3)12-18(17)25-26-21(6,7)10-11-22-19(23)15(4)16(5)20(22)24/h13-14,17-18H,8-12H2,1-7H3. The molecule has 2 aliphatic rings. The van der Waals surface area contributed by atoms with E-state index in [0.717, 1.165) is 6.42 Å². The highest BCUT2D eigenvalue weighted by molar-refractivity contribution is 6.18. The summed E-state index contributed by atoms with van der Waals surface area (Å²) in [5.41, 5.74) is 0.523. The van der Waals surface area contributed by atoms with E-state index in [-0.39, 0.29) is 17.9 Å². The molecule has 0 radical (unpaired) electrons. The lowest BCUT2D eigenvalue weighted by Crippen LogP contribution is -2.40. The van der Waals surface area contributed by atoms with Crippen LogP contribution in [0.4, 0.5) is 0 Å². The van der Waals surface area contributed by atoms with Crippen LogP contribution in [0.3, 0.4) is 0 Å². The first-order valence-corrected chi connectivity index (χ1v) is 9.91. The molecule has 1 heterocycles. The SMILES string of the molecule is CC1=C(C)C(=O)N(CCC(C)(C)OOC2CC(C)CCC2C(C)C)C1=O. The van der Waals surface area contributed by atoms with Gasteiger partial charge in [0.2, 0.25) is 0 Å². The van der Waals surface area contributed by atoms with Crippen LogP contribution >= 0.6 is 0 Å². The van der Waals surface area contributed by atoms with Crippen molar-refractivity contribution in [3.05, 3.63) is 11.1 Å². The minimum absolute atomic E-state index is 0.110. The van der Waals surface area contributed by atoms with Crippen LogP contribution in [0.25, 0.3) is 0 Å². The van der Waals surface area contributed by atoms with Gasteiger partial charge in [0.25, 0.3) is 11.8 Å². The quantitative estimate of drug-likeness (QED) is 0.384. The number of rotatable bonds is 7. The first-order valence-electron chi connectivity index (χ1n) is 9.91. The van der Waals surface area contributed by atoms with E-state index in [2.05, 4.69) is 20.8 Å². The van der Waals surface area contributed by atoms with Crippen LogP contribution in [0.1, 0.15) is 74.1 Å². The molecular weight excluding hydrogens is 330 g/mol. The van der Waals surface area contributed by atoms with Crippen LogP contribution in [0.2, 0.25) is 0 Å². The zero-order chi connectivity index (χ0) is 19.6. The van der Waals surface area contributed by atoms with Gasteiger partial charge < -0.3 is 0 Å². The average Bonchev–Trinajstić information content (AvgIpc) is 2.75. The largest absolute Gasteiger partial charge is 0.275 e. The monoisotopic (exact) mass is 365 g/mol. The molecule has 3 atom stereocenters. The molecule has 0 saturated heterocycles. The molecule has 26 heavy (non-hydrogen) atoms. The molecular formula is C21H35NO4. The highest BCUT2D eigenvalue weighted by atomic mass is 17.2. The Hall–Kier alpha value is -1.20. The van der Waals surface area contributed by atoms with Gasteiger partial charge in [-0.3, -0.25) is 14.5 Å². The zero-order valence-electron chi connectivity index (χ0n) is 17.4. The van der Waals surface area contributed by atoms with Crippen molar-refractivity contribution in [1.82, 2.24) is 4.90 Å². The van der Waals surface area contributed by atoms with Crippen LogP contribution < -0.4 is 0 Å². The number of amides is 2. The van der Waals surface area contributed by atoms with E-state index >= 15 is 0 Å². The average molecular weight is 366 g/mol. The molecule has 148 valence electrons. The number of carbonyl (C=O) groups excluding carboxylic acids is 2. The second-order valence-electron chi connectivity index (χ2n) is 9.07. The fourth-order valence-corrected chi connectivity index (χ4v) is 3.86. The molecule has 0 bridgehead atoms. The van der Waals surface area contributed by atoms with Gasteiger partial charge in [0.05, 0.1) is 11.7 Å². The highest BCUT2D eigenvalue weighted by Gasteiger charge is 2.36. The lowest BCUT2D eigenvalue weighted by molar-refractivity contribution is -0.391. The third-order valence-corrected chi connectivity index (χ3v) is 5.99. The summed E-state index contributed by atoms with van der Waals surface area (Å²) in [6.07, 6.45) is 4.09. The van der Waals surface area contributed by atoms with Gasteiger partial charge in [-0.2, -0.15) is 0 Å². The van der Waals surface area contributed by atoms with Crippen molar-refractivity contribution >= 4 is 11.8 Å². The third kappa shape index (κ3) is 4.74. The smallest absolute Gasteiger partial charge is 0.256 e. The van der Waals surface area contributed by atoms with Crippen LogP contribution in [0, 0.1) is 17.8 Å². The fourth-order valence-electron chi connectivity index (χ4n) is 3.86. The normalized spacial score (nSPS) is 27.8. The van der Waals surface area contributed by atoms with E-state index in [1.54, 1.807) is 13.8 Å². The maximum Gasteiger partial charge on any atom is 0.256 e. The van der Waals surface area contributed by atoms with Crippen LogP contribution in [0.5, 0.6) is 0 Å². The van der Waals surface area contributed by atoms with Gasteiger partial charge in [-0.15, -0.1) is 0 Å². The molecule has 5 nitrogen and oxygen atoms in total. The Morgan fingerprint density at radius 1 is 1.12 bits per heavy atom. The van der Waals surface area contributed by atoms with Crippen molar-refractivity contribution in [3.63, 3.8) is 0 Å². The van der Waals surface area contributed by atoms with Gasteiger partial charge in [-0.1, -0.05) is 27.2 Å². The highest BCUT2D eigenvalue weighted by Crippen LogP contribution is 2.36. The van der Waals surface area contributed by atoms with Gasteiger partial charge in [0, 0.05) is 17.7 Å². The molecule has 0 spiro atoms. The van der Waals surface area contributed by atoms with Crippen molar-refractivity contribution in [3.8, 4) is 0 Å². The Bertz CT molecular complexity index is 555. The molecule has 1 aliphatic heterocycles. The minimum atomic E-state index is -0.562. The Kier molecular flexibility index (Phi) is 6.67. The second-order valence-corrected chi connectivity index (χ2v) is 9.07. The molecule has 0 aromatic carbocycles. The van der Waals surface area contributed by atoms with E-state index in [0.29, 0.717) is 41.9 Å². The molecule has 2 amide bonds.